The smallest absolute Gasteiger partial charge is 0.326 e. The number of ether oxygens (including phenoxy) is 1. The van der Waals surface area contributed by atoms with E-state index in [4.69, 9.17) is 4.74 Å². The fourth-order valence-corrected chi connectivity index (χ4v) is 3.95. The molecule has 132 valence electrons. The van der Waals surface area contributed by atoms with Gasteiger partial charge in [-0.2, -0.15) is 0 Å². The van der Waals surface area contributed by atoms with Crippen LogP contribution in [0, 0.1) is 0 Å². The van der Waals surface area contributed by atoms with Gasteiger partial charge in [-0.25, -0.2) is 13.2 Å². The average molecular weight is 355 g/mol. The zero-order valence-corrected chi connectivity index (χ0v) is 14.7. The van der Waals surface area contributed by atoms with Gasteiger partial charge in [0.2, 0.25) is 0 Å². The third-order valence-corrected chi connectivity index (χ3v) is 5.42. The Bertz CT molecular complexity index is 758. The second kappa shape index (κ2) is 6.90. The van der Waals surface area contributed by atoms with E-state index in [0.29, 0.717) is 12.0 Å². The van der Waals surface area contributed by atoms with Crippen LogP contribution >= 0.6 is 0 Å². The molecule has 1 aliphatic heterocycles. The summed E-state index contributed by atoms with van der Waals surface area (Å²) in [7, 11) is -2.01. The van der Waals surface area contributed by atoms with Gasteiger partial charge in [0.1, 0.15) is 6.04 Å². The first-order valence-electron chi connectivity index (χ1n) is 7.58. The summed E-state index contributed by atoms with van der Waals surface area (Å²) in [5.74, 6) is -1.61. The van der Waals surface area contributed by atoms with Crippen LogP contribution in [0.2, 0.25) is 0 Å². The van der Waals surface area contributed by atoms with Gasteiger partial charge in [0.25, 0.3) is 5.91 Å². The van der Waals surface area contributed by atoms with Gasteiger partial charge in [-0.1, -0.05) is 13.0 Å². The number of aliphatic carboxylic acids is 1. The van der Waals surface area contributed by atoms with E-state index in [1.54, 1.807) is 6.07 Å². The van der Waals surface area contributed by atoms with Crippen LogP contribution in [0.1, 0.15) is 29.3 Å². The number of nitrogens with zero attached hydrogens (tertiary/aromatic N) is 1. The van der Waals surface area contributed by atoms with E-state index in [0.717, 1.165) is 6.26 Å². The van der Waals surface area contributed by atoms with Gasteiger partial charge in [0.05, 0.1) is 11.0 Å². The molecule has 8 heteroatoms. The van der Waals surface area contributed by atoms with Crippen molar-refractivity contribution in [1.29, 1.82) is 0 Å². The number of hydrogen-bond acceptors (Lipinski definition) is 5. The van der Waals surface area contributed by atoms with E-state index in [1.807, 2.05) is 6.92 Å². The minimum absolute atomic E-state index is 0.102. The molecule has 1 saturated heterocycles. The maximum absolute atomic E-state index is 12.7. The van der Waals surface area contributed by atoms with Crippen LogP contribution in [0.4, 0.5) is 0 Å². The molecule has 1 N–H and O–H groups in total. The van der Waals surface area contributed by atoms with Gasteiger partial charge in [0, 0.05) is 31.9 Å². The number of sulfone groups is 1. The number of likely N-dealkylation sites (tertiary alicyclic amines) is 1. The van der Waals surface area contributed by atoms with Crippen molar-refractivity contribution in [3.63, 3.8) is 0 Å². The number of rotatable bonds is 5. The lowest BCUT2D eigenvalue weighted by atomic mass is 10.1. The normalized spacial score (nSPS) is 21.0. The van der Waals surface area contributed by atoms with Gasteiger partial charge in [-0.3, -0.25) is 4.79 Å². The summed E-state index contributed by atoms with van der Waals surface area (Å²) in [6.07, 6.45) is 1.47. The zero-order chi connectivity index (χ0) is 18.1. The molecule has 1 amide bonds. The Balaban J connectivity index is 2.41. The molecule has 0 aliphatic carbocycles. The molecular weight excluding hydrogens is 334 g/mol. The van der Waals surface area contributed by atoms with Crippen LogP contribution in [0.25, 0.3) is 0 Å². The van der Waals surface area contributed by atoms with Gasteiger partial charge >= 0.3 is 5.97 Å². The number of carbonyl (C=O) groups excluding carboxylic acids is 1. The standard InChI is InChI=1S/C16H21NO6S/c1-4-10-5-6-11(7-14(10)24(3,21)22)15(18)17-9-12(23-2)8-13(17)16(19)20/h5-7,12-13H,4,8-9H2,1-3H3,(H,19,20). The van der Waals surface area contributed by atoms with Crippen molar-refractivity contribution in [3.05, 3.63) is 29.3 Å². The molecule has 0 radical (unpaired) electrons. The molecule has 1 heterocycles. The Morgan fingerprint density at radius 1 is 1.38 bits per heavy atom. The highest BCUT2D eigenvalue weighted by Gasteiger charge is 2.40. The van der Waals surface area contributed by atoms with Gasteiger partial charge in [-0.05, 0) is 24.1 Å². The molecule has 1 fully saturated rings. The van der Waals surface area contributed by atoms with E-state index in [2.05, 4.69) is 0 Å². The van der Waals surface area contributed by atoms with E-state index < -0.39 is 27.8 Å². The molecule has 2 rings (SSSR count). The molecule has 1 aromatic carbocycles. The maximum atomic E-state index is 12.7. The predicted molar refractivity (Wildman–Crippen MR) is 86.8 cm³/mol. The summed E-state index contributed by atoms with van der Waals surface area (Å²) >= 11 is 0. The van der Waals surface area contributed by atoms with Crippen molar-refractivity contribution in [3.8, 4) is 0 Å². The highest BCUT2D eigenvalue weighted by atomic mass is 32.2. The first-order valence-corrected chi connectivity index (χ1v) is 9.47. The Morgan fingerprint density at radius 2 is 2.04 bits per heavy atom. The number of benzene rings is 1. The Kier molecular flexibility index (Phi) is 5.29. The zero-order valence-electron chi connectivity index (χ0n) is 13.9. The Labute approximate surface area is 141 Å². The Morgan fingerprint density at radius 3 is 2.54 bits per heavy atom. The van der Waals surface area contributed by atoms with Crippen molar-refractivity contribution in [1.82, 2.24) is 4.90 Å². The third-order valence-electron chi connectivity index (χ3n) is 4.24. The number of carbonyl (C=O) groups is 2. The van der Waals surface area contributed by atoms with E-state index in [1.165, 1.54) is 24.1 Å². The van der Waals surface area contributed by atoms with Crippen LogP contribution in [0.15, 0.2) is 23.1 Å². The van der Waals surface area contributed by atoms with E-state index in [9.17, 15) is 23.1 Å². The van der Waals surface area contributed by atoms with Crippen molar-refractivity contribution in [2.45, 2.75) is 36.8 Å². The largest absolute Gasteiger partial charge is 0.480 e. The highest BCUT2D eigenvalue weighted by molar-refractivity contribution is 7.90. The molecule has 0 saturated carbocycles. The van der Waals surface area contributed by atoms with E-state index in [-0.39, 0.29) is 29.5 Å². The molecule has 0 aromatic heterocycles. The quantitative estimate of drug-likeness (QED) is 0.844. The lowest BCUT2D eigenvalue weighted by molar-refractivity contribution is -0.141. The summed E-state index contributed by atoms with van der Waals surface area (Å²) in [5, 5.41) is 9.31. The first kappa shape index (κ1) is 18.4. The topological polar surface area (TPSA) is 101 Å². The maximum Gasteiger partial charge on any atom is 0.326 e. The van der Waals surface area contributed by atoms with Crippen molar-refractivity contribution < 1.29 is 27.9 Å². The lowest BCUT2D eigenvalue weighted by Gasteiger charge is -2.21. The summed E-state index contributed by atoms with van der Waals surface area (Å²) in [4.78, 5) is 25.4. The first-order chi connectivity index (χ1) is 11.2. The van der Waals surface area contributed by atoms with E-state index >= 15 is 0 Å². The highest BCUT2D eigenvalue weighted by Crippen LogP contribution is 2.25. The summed E-state index contributed by atoms with van der Waals surface area (Å²) < 4.78 is 29.1. The minimum atomic E-state index is -3.48. The van der Waals surface area contributed by atoms with Crippen LogP contribution in [-0.4, -0.2) is 62.4 Å². The molecule has 2 atom stereocenters. The second-order valence-corrected chi connectivity index (χ2v) is 7.84. The number of carboxylic acid groups (broad SMARTS) is 1. The fourth-order valence-electron chi connectivity index (χ4n) is 2.92. The monoisotopic (exact) mass is 355 g/mol. The number of amides is 1. The average Bonchev–Trinajstić information content (AvgIpc) is 2.97. The third kappa shape index (κ3) is 3.59. The van der Waals surface area contributed by atoms with Crippen molar-refractivity contribution >= 4 is 21.7 Å². The number of hydrogen-bond donors (Lipinski definition) is 1. The van der Waals surface area contributed by atoms with Gasteiger partial charge < -0.3 is 14.7 Å². The summed E-state index contributed by atoms with van der Waals surface area (Å²) in [6.45, 7) is 1.99. The SMILES string of the molecule is CCc1ccc(C(=O)N2CC(OC)CC2C(=O)O)cc1S(C)(=O)=O. The van der Waals surface area contributed by atoms with Crippen LogP contribution in [-0.2, 0) is 25.8 Å². The molecular formula is C16H21NO6S. The molecule has 0 bridgehead atoms. The van der Waals surface area contributed by atoms with Crippen LogP contribution in [0.3, 0.4) is 0 Å². The van der Waals surface area contributed by atoms with Crippen LogP contribution in [0.5, 0.6) is 0 Å². The van der Waals surface area contributed by atoms with Crippen molar-refractivity contribution in [2.75, 3.05) is 19.9 Å². The van der Waals surface area contributed by atoms with Crippen LogP contribution < -0.4 is 0 Å². The number of aryl methyl sites for hydroxylation is 1. The Hall–Kier alpha value is -1.93. The number of carboxylic acids is 1. The lowest BCUT2D eigenvalue weighted by Crippen LogP contribution is -2.40. The van der Waals surface area contributed by atoms with Crippen molar-refractivity contribution in [2.24, 2.45) is 0 Å². The summed E-state index contributed by atoms with van der Waals surface area (Å²) in [6, 6.07) is 3.49. The molecule has 1 aromatic rings. The number of methoxy groups -OCH3 is 1. The molecule has 24 heavy (non-hydrogen) atoms. The predicted octanol–water partition coefficient (Wildman–Crippen LogP) is 0.967. The molecule has 2 unspecified atom stereocenters. The van der Waals surface area contributed by atoms with Gasteiger partial charge in [0.15, 0.2) is 9.84 Å². The van der Waals surface area contributed by atoms with Gasteiger partial charge in [-0.15, -0.1) is 0 Å². The fraction of sp³-hybridized carbons (Fsp3) is 0.500. The summed E-state index contributed by atoms with van der Waals surface area (Å²) in [5.41, 5.74) is 0.788. The minimum Gasteiger partial charge on any atom is -0.480 e. The molecule has 0 spiro atoms. The molecule has 7 nitrogen and oxygen atoms in total. The molecule has 1 aliphatic rings. The second-order valence-electron chi connectivity index (χ2n) is 5.85.